The van der Waals surface area contributed by atoms with E-state index in [4.69, 9.17) is 0 Å². The molecule has 0 spiro atoms. The Labute approximate surface area is 249 Å². The van der Waals surface area contributed by atoms with Crippen LogP contribution in [0.3, 0.4) is 0 Å². The van der Waals surface area contributed by atoms with Crippen LogP contribution in [0.5, 0.6) is 0 Å². The predicted molar refractivity (Wildman–Crippen MR) is 156 cm³/mol. The van der Waals surface area contributed by atoms with E-state index in [1.807, 2.05) is 36.7 Å². The van der Waals surface area contributed by atoms with Crippen molar-refractivity contribution in [3.8, 4) is 11.8 Å². The number of benzene rings is 2. The van der Waals surface area contributed by atoms with Crippen LogP contribution in [0.4, 0.5) is 18.9 Å². The Morgan fingerprint density at radius 2 is 2.00 bits per heavy atom. The van der Waals surface area contributed by atoms with Crippen LogP contribution < -0.4 is 15.5 Å². The first-order valence-corrected chi connectivity index (χ1v) is 14.4. The molecule has 1 unspecified atom stereocenters. The maximum Gasteiger partial charge on any atom is 0.416 e. The third-order valence-corrected chi connectivity index (χ3v) is 8.35. The van der Waals surface area contributed by atoms with E-state index in [0.717, 1.165) is 30.3 Å². The Morgan fingerprint density at radius 1 is 1.23 bits per heavy atom. The standard InChI is InChI=1S/C32H35F3N6O2/c1-5-7-28(42)38-21(3)10-11-36-17-22-12-25-26(27(13-22)32(33,34)35)18-41(29(25)43)24-9-6-8-23(14-24)31(15-20(2)16-31)30-39-37-19-40(30)4/h6,8-9,12-14,19-21,36H,10-11,15-18H2,1-4H3,(H,38,42). The number of hydrogen-bond donors (Lipinski definition) is 2. The van der Waals surface area contributed by atoms with E-state index >= 15 is 0 Å². The minimum absolute atomic E-state index is 0.0136. The number of aromatic nitrogens is 3. The fourth-order valence-corrected chi connectivity index (χ4v) is 6.39. The van der Waals surface area contributed by atoms with Gasteiger partial charge in [0.1, 0.15) is 12.2 Å². The summed E-state index contributed by atoms with van der Waals surface area (Å²) in [5.41, 5.74) is 0.781. The van der Waals surface area contributed by atoms with E-state index in [-0.39, 0.29) is 41.6 Å². The van der Waals surface area contributed by atoms with Crippen molar-refractivity contribution in [3.63, 3.8) is 0 Å². The summed E-state index contributed by atoms with van der Waals surface area (Å²) in [5.74, 6) is 5.44. The van der Waals surface area contributed by atoms with Crippen molar-refractivity contribution in [1.82, 2.24) is 25.4 Å². The summed E-state index contributed by atoms with van der Waals surface area (Å²) in [6.07, 6.45) is -0.662. The average molecular weight is 593 g/mol. The number of aryl methyl sites for hydroxylation is 1. The van der Waals surface area contributed by atoms with Gasteiger partial charge in [-0.15, -0.1) is 10.2 Å². The van der Waals surface area contributed by atoms with Gasteiger partial charge >= 0.3 is 6.18 Å². The van der Waals surface area contributed by atoms with Gasteiger partial charge in [-0.25, -0.2) is 0 Å². The zero-order valence-electron chi connectivity index (χ0n) is 24.7. The number of fused-ring (bicyclic) bond motifs is 1. The van der Waals surface area contributed by atoms with Gasteiger partial charge < -0.3 is 20.1 Å². The molecule has 2 heterocycles. The van der Waals surface area contributed by atoms with Gasteiger partial charge in [0.25, 0.3) is 11.8 Å². The first-order chi connectivity index (χ1) is 20.4. The normalized spacial score (nSPS) is 20.2. The zero-order valence-corrected chi connectivity index (χ0v) is 24.7. The molecular weight excluding hydrogens is 557 g/mol. The van der Waals surface area contributed by atoms with Crippen molar-refractivity contribution < 1.29 is 22.8 Å². The second kappa shape index (κ2) is 11.8. The molecule has 1 aromatic heterocycles. The summed E-state index contributed by atoms with van der Waals surface area (Å²) < 4.78 is 44.6. The molecule has 2 amide bonds. The summed E-state index contributed by atoms with van der Waals surface area (Å²) in [6, 6.07) is 10.0. The Kier molecular flexibility index (Phi) is 8.34. The third-order valence-electron chi connectivity index (χ3n) is 8.35. The lowest BCUT2D eigenvalue weighted by Gasteiger charge is -2.46. The van der Waals surface area contributed by atoms with Crippen LogP contribution in [0.2, 0.25) is 0 Å². The number of hydrogen-bond acceptors (Lipinski definition) is 5. The lowest BCUT2D eigenvalue weighted by atomic mass is 9.58. The topological polar surface area (TPSA) is 92.2 Å². The number of amides is 2. The molecule has 226 valence electrons. The van der Waals surface area contributed by atoms with E-state index in [1.165, 1.54) is 4.90 Å². The Bertz CT molecular complexity index is 1600. The number of anilines is 1. The highest BCUT2D eigenvalue weighted by molar-refractivity contribution is 6.10. The highest BCUT2D eigenvalue weighted by Crippen LogP contribution is 2.52. The first kappa shape index (κ1) is 30.3. The van der Waals surface area contributed by atoms with E-state index in [9.17, 15) is 22.8 Å². The van der Waals surface area contributed by atoms with Gasteiger partial charge in [0.2, 0.25) is 0 Å². The van der Waals surface area contributed by atoms with Crippen LogP contribution in [0.15, 0.2) is 42.7 Å². The number of carbonyl (C=O) groups excluding carboxylic acids is 2. The number of rotatable bonds is 9. The van der Waals surface area contributed by atoms with Crippen molar-refractivity contribution >= 4 is 17.5 Å². The van der Waals surface area contributed by atoms with Crippen molar-refractivity contribution in [2.24, 2.45) is 13.0 Å². The summed E-state index contributed by atoms with van der Waals surface area (Å²) in [5, 5.41) is 14.3. The number of alkyl halides is 3. The Balaban J connectivity index is 1.36. The van der Waals surface area contributed by atoms with E-state index in [1.54, 1.807) is 25.4 Å². The van der Waals surface area contributed by atoms with Crippen molar-refractivity contribution in [1.29, 1.82) is 0 Å². The Hall–Kier alpha value is -4.17. The van der Waals surface area contributed by atoms with Gasteiger partial charge in [-0.05, 0) is 92.4 Å². The van der Waals surface area contributed by atoms with E-state index in [2.05, 4.69) is 39.6 Å². The van der Waals surface area contributed by atoms with Crippen LogP contribution >= 0.6 is 0 Å². The second-order valence-electron chi connectivity index (χ2n) is 11.7. The fourth-order valence-electron chi connectivity index (χ4n) is 6.39. The molecule has 2 aromatic carbocycles. The molecule has 2 aliphatic rings. The number of nitrogens with zero attached hydrogens (tertiary/aromatic N) is 4. The molecule has 0 saturated heterocycles. The van der Waals surface area contributed by atoms with Gasteiger partial charge in [0, 0.05) is 30.9 Å². The molecule has 8 nitrogen and oxygen atoms in total. The molecule has 1 saturated carbocycles. The van der Waals surface area contributed by atoms with Crippen LogP contribution in [0, 0.1) is 17.8 Å². The monoisotopic (exact) mass is 592 g/mol. The highest BCUT2D eigenvalue weighted by Gasteiger charge is 2.48. The summed E-state index contributed by atoms with van der Waals surface area (Å²) in [4.78, 5) is 26.7. The lowest BCUT2D eigenvalue weighted by molar-refractivity contribution is -0.138. The molecule has 2 N–H and O–H groups in total. The van der Waals surface area contributed by atoms with Gasteiger partial charge in [-0.1, -0.05) is 25.0 Å². The first-order valence-electron chi connectivity index (χ1n) is 14.4. The molecule has 11 heteroatoms. The maximum atomic E-state index is 14.2. The van der Waals surface area contributed by atoms with Gasteiger partial charge in [0.05, 0.1) is 17.5 Å². The molecule has 43 heavy (non-hydrogen) atoms. The largest absolute Gasteiger partial charge is 0.416 e. The van der Waals surface area contributed by atoms with Gasteiger partial charge in [-0.3, -0.25) is 9.59 Å². The minimum Gasteiger partial charge on any atom is -0.343 e. The zero-order chi connectivity index (χ0) is 30.9. The Morgan fingerprint density at radius 3 is 2.65 bits per heavy atom. The highest BCUT2D eigenvalue weighted by atomic mass is 19.4. The summed E-state index contributed by atoms with van der Waals surface area (Å²) >= 11 is 0. The van der Waals surface area contributed by atoms with Crippen molar-refractivity contribution in [3.05, 3.63) is 76.4 Å². The predicted octanol–water partition coefficient (Wildman–Crippen LogP) is 4.72. The van der Waals surface area contributed by atoms with Crippen molar-refractivity contribution in [2.75, 3.05) is 11.4 Å². The SMILES string of the molecule is CC#CC(=O)NC(C)CCNCc1cc2c(c(C(F)(F)F)c1)CN(c1cccc(C3(c4nncn4C)CC(C)C3)c1)C2=O. The average Bonchev–Trinajstić information content (AvgIpc) is 3.51. The molecule has 0 bridgehead atoms. The molecular formula is C32H35F3N6O2. The van der Waals surface area contributed by atoms with Gasteiger partial charge in [-0.2, -0.15) is 13.2 Å². The molecule has 1 aliphatic heterocycles. The van der Waals surface area contributed by atoms with E-state index in [0.29, 0.717) is 30.1 Å². The van der Waals surface area contributed by atoms with Gasteiger partial charge in [0.15, 0.2) is 0 Å². The van der Waals surface area contributed by atoms with Crippen LogP contribution in [0.25, 0.3) is 0 Å². The lowest BCUT2D eigenvalue weighted by Crippen LogP contribution is -2.43. The minimum atomic E-state index is -4.62. The molecule has 1 atom stereocenters. The van der Waals surface area contributed by atoms with E-state index < -0.39 is 17.6 Å². The molecule has 1 fully saturated rings. The number of nitrogens with one attached hydrogen (secondary N) is 2. The summed E-state index contributed by atoms with van der Waals surface area (Å²) in [6.45, 7) is 6.02. The molecule has 0 radical (unpaired) electrons. The molecule has 1 aliphatic carbocycles. The molecule has 3 aromatic rings. The molecule has 5 rings (SSSR count). The smallest absolute Gasteiger partial charge is 0.343 e. The van der Waals surface area contributed by atoms with Crippen LogP contribution in [-0.4, -0.2) is 39.2 Å². The summed E-state index contributed by atoms with van der Waals surface area (Å²) in [7, 11) is 1.90. The number of carbonyl (C=O) groups is 2. The number of halogens is 3. The van der Waals surface area contributed by atoms with Crippen LogP contribution in [-0.2, 0) is 36.5 Å². The maximum absolute atomic E-state index is 14.2. The fraction of sp³-hybridized carbons (Fsp3) is 0.438. The van der Waals surface area contributed by atoms with Crippen molar-refractivity contribution in [2.45, 2.75) is 70.8 Å². The third kappa shape index (κ3) is 6.02. The van der Waals surface area contributed by atoms with Crippen LogP contribution in [0.1, 0.15) is 78.5 Å². The second-order valence-corrected chi connectivity index (χ2v) is 11.7. The quantitative estimate of drug-likeness (QED) is 0.277.